The van der Waals surface area contributed by atoms with Crippen LogP contribution in [0.4, 0.5) is 0 Å². The largest absolute Gasteiger partial charge is 0.496 e. The predicted octanol–water partition coefficient (Wildman–Crippen LogP) is 2.16. The molecule has 1 aromatic rings. The molecule has 13 heavy (non-hydrogen) atoms. The summed E-state index contributed by atoms with van der Waals surface area (Å²) in [6.45, 7) is 2.36. The van der Waals surface area contributed by atoms with Crippen LogP contribution in [0.25, 0.3) is 0 Å². The summed E-state index contributed by atoms with van der Waals surface area (Å²) >= 11 is 3.42. The van der Waals surface area contributed by atoms with Crippen molar-refractivity contribution in [1.82, 2.24) is 0 Å². The van der Waals surface area contributed by atoms with Crippen LogP contribution in [0.3, 0.4) is 0 Å². The third-order valence-corrected chi connectivity index (χ3v) is 2.54. The first-order valence-corrected chi connectivity index (χ1v) is 4.63. The van der Waals surface area contributed by atoms with Crippen molar-refractivity contribution >= 4 is 15.9 Å². The molecule has 1 rings (SSSR count). The summed E-state index contributed by atoms with van der Waals surface area (Å²) in [6, 6.07) is 3.89. The van der Waals surface area contributed by atoms with E-state index in [0.29, 0.717) is 6.61 Å². The zero-order valence-corrected chi connectivity index (χ0v) is 9.22. The molecule has 0 heterocycles. The first-order chi connectivity index (χ1) is 6.19. The molecular weight excluding hydrogens is 234 g/mol. The van der Waals surface area contributed by atoms with Gasteiger partial charge in [0.2, 0.25) is 0 Å². The van der Waals surface area contributed by atoms with Gasteiger partial charge in [-0.05, 0) is 30.2 Å². The molecule has 72 valence electrons. The van der Waals surface area contributed by atoms with Gasteiger partial charge < -0.3 is 4.74 Å². The maximum atomic E-state index is 5.17. The molecule has 1 aromatic carbocycles. The minimum atomic E-state index is 0.372. The molecule has 4 heteroatoms. The molecule has 0 spiro atoms. The van der Waals surface area contributed by atoms with E-state index >= 15 is 0 Å². The van der Waals surface area contributed by atoms with Crippen molar-refractivity contribution < 1.29 is 9.57 Å². The second-order valence-electron chi connectivity index (χ2n) is 2.72. The summed E-state index contributed by atoms with van der Waals surface area (Å²) in [5, 5.41) is 0. The lowest BCUT2D eigenvalue weighted by molar-refractivity contribution is 0.123. The van der Waals surface area contributed by atoms with Crippen LogP contribution in [-0.4, -0.2) is 7.11 Å². The Morgan fingerprint density at radius 2 is 2.15 bits per heavy atom. The van der Waals surface area contributed by atoms with Crippen LogP contribution in [0.15, 0.2) is 16.6 Å². The molecule has 0 saturated carbocycles. The highest BCUT2D eigenvalue weighted by atomic mass is 79.9. The Hall–Kier alpha value is -0.580. The number of rotatable bonds is 3. The van der Waals surface area contributed by atoms with Gasteiger partial charge in [-0.1, -0.05) is 15.9 Å². The molecule has 0 aliphatic heterocycles. The first-order valence-electron chi connectivity index (χ1n) is 3.83. The van der Waals surface area contributed by atoms with Crippen molar-refractivity contribution in [3.63, 3.8) is 0 Å². The van der Waals surface area contributed by atoms with E-state index in [1.54, 1.807) is 7.11 Å². The van der Waals surface area contributed by atoms with E-state index in [1.807, 2.05) is 19.1 Å². The van der Waals surface area contributed by atoms with Gasteiger partial charge in [-0.15, -0.1) is 0 Å². The number of methoxy groups -OCH3 is 1. The van der Waals surface area contributed by atoms with Crippen molar-refractivity contribution in [2.45, 2.75) is 13.5 Å². The maximum absolute atomic E-state index is 5.17. The van der Waals surface area contributed by atoms with E-state index < -0.39 is 0 Å². The predicted molar refractivity (Wildman–Crippen MR) is 54.4 cm³/mol. The van der Waals surface area contributed by atoms with Gasteiger partial charge in [-0.3, -0.25) is 4.84 Å². The van der Waals surface area contributed by atoms with E-state index in [9.17, 15) is 0 Å². The maximum Gasteiger partial charge on any atom is 0.122 e. The minimum absolute atomic E-state index is 0.372. The van der Waals surface area contributed by atoms with Crippen molar-refractivity contribution in [1.29, 1.82) is 0 Å². The Kier molecular flexibility index (Phi) is 3.71. The van der Waals surface area contributed by atoms with Gasteiger partial charge >= 0.3 is 0 Å². The average Bonchev–Trinajstić information content (AvgIpc) is 2.10. The van der Waals surface area contributed by atoms with Gasteiger partial charge in [0, 0.05) is 4.47 Å². The number of nitrogens with two attached hydrogens (primary N) is 1. The molecule has 0 aliphatic rings. The molecular formula is C9H12BrNO2. The van der Waals surface area contributed by atoms with Crippen LogP contribution >= 0.6 is 15.9 Å². The van der Waals surface area contributed by atoms with E-state index in [2.05, 4.69) is 20.8 Å². The fourth-order valence-corrected chi connectivity index (χ4v) is 1.69. The number of hydrogen-bond acceptors (Lipinski definition) is 3. The first kappa shape index (κ1) is 10.5. The quantitative estimate of drug-likeness (QED) is 0.831. The highest BCUT2D eigenvalue weighted by Crippen LogP contribution is 2.26. The average molecular weight is 246 g/mol. The molecule has 0 atom stereocenters. The van der Waals surface area contributed by atoms with Crippen molar-refractivity contribution in [3.05, 3.63) is 27.7 Å². The molecule has 0 unspecified atom stereocenters. The Bertz CT molecular complexity index is 302. The molecule has 0 saturated heterocycles. The lowest BCUT2D eigenvalue weighted by Gasteiger charge is -2.09. The summed E-state index contributed by atoms with van der Waals surface area (Å²) in [6.07, 6.45) is 0. The number of benzene rings is 1. The van der Waals surface area contributed by atoms with Crippen molar-refractivity contribution in [2.24, 2.45) is 5.90 Å². The third-order valence-electron chi connectivity index (χ3n) is 1.80. The Balaban J connectivity index is 3.06. The van der Waals surface area contributed by atoms with Gasteiger partial charge in [0.25, 0.3) is 0 Å². The van der Waals surface area contributed by atoms with E-state index in [0.717, 1.165) is 21.3 Å². The lowest BCUT2D eigenvalue weighted by atomic mass is 10.1. The van der Waals surface area contributed by atoms with Crippen LogP contribution in [0, 0.1) is 6.92 Å². The van der Waals surface area contributed by atoms with Gasteiger partial charge in [-0.2, -0.15) is 0 Å². The summed E-state index contributed by atoms with van der Waals surface area (Å²) in [5.41, 5.74) is 2.06. The molecule has 0 aromatic heterocycles. The van der Waals surface area contributed by atoms with Crippen molar-refractivity contribution in [3.8, 4) is 5.75 Å². The zero-order chi connectivity index (χ0) is 9.84. The summed E-state index contributed by atoms with van der Waals surface area (Å²) in [7, 11) is 1.64. The third kappa shape index (κ3) is 2.43. The smallest absolute Gasteiger partial charge is 0.122 e. The SMILES string of the molecule is COc1cc(CON)c(Br)cc1C. The Morgan fingerprint density at radius 3 is 2.69 bits per heavy atom. The Morgan fingerprint density at radius 1 is 1.46 bits per heavy atom. The standard InChI is InChI=1S/C9H12BrNO2/c1-6-3-8(10)7(5-13-11)4-9(6)12-2/h3-4H,5,11H2,1-2H3. The molecule has 0 fully saturated rings. The van der Waals surface area contributed by atoms with E-state index in [4.69, 9.17) is 10.6 Å². The van der Waals surface area contributed by atoms with E-state index in [-0.39, 0.29) is 0 Å². The number of aryl methyl sites for hydroxylation is 1. The summed E-state index contributed by atoms with van der Waals surface area (Å²) in [5.74, 6) is 5.84. The van der Waals surface area contributed by atoms with Gasteiger partial charge in [0.1, 0.15) is 5.75 Å². The lowest BCUT2D eigenvalue weighted by Crippen LogP contribution is -2.00. The molecule has 0 amide bonds. The van der Waals surface area contributed by atoms with Crippen molar-refractivity contribution in [2.75, 3.05) is 7.11 Å². The Labute approximate surface area is 85.9 Å². The van der Waals surface area contributed by atoms with Crippen LogP contribution in [0.1, 0.15) is 11.1 Å². The molecule has 2 N–H and O–H groups in total. The molecule has 0 radical (unpaired) electrons. The highest BCUT2D eigenvalue weighted by Gasteiger charge is 2.05. The van der Waals surface area contributed by atoms with E-state index in [1.165, 1.54) is 0 Å². The fraction of sp³-hybridized carbons (Fsp3) is 0.333. The fourth-order valence-electron chi connectivity index (χ4n) is 1.12. The molecule has 0 bridgehead atoms. The topological polar surface area (TPSA) is 44.5 Å². The van der Waals surface area contributed by atoms with Gasteiger partial charge in [-0.25, -0.2) is 5.90 Å². The van der Waals surface area contributed by atoms with Crippen LogP contribution in [-0.2, 0) is 11.4 Å². The molecule has 3 nitrogen and oxygen atoms in total. The summed E-state index contributed by atoms with van der Waals surface area (Å²) in [4.78, 5) is 4.56. The minimum Gasteiger partial charge on any atom is -0.496 e. The highest BCUT2D eigenvalue weighted by molar-refractivity contribution is 9.10. The van der Waals surface area contributed by atoms with Crippen LogP contribution in [0.2, 0.25) is 0 Å². The molecule has 0 aliphatic carbocycles. The van der Waals surface area contributed by atoms with Crippen LogP contribution in [0.5, 0.6) is 5.75 Å². The summed E-state index contributed by atoms with van der Waals surface area (Å²) < 4.78 is 6.15. The number of ether oxygens (including phenoxy) is 1. The number of hydrogen-bond donors (Lipinski definition) is 1. The number of halogens is 1. The normalized spacial score (nSPS) is 10.2. The second-order valence-corrected chi connectivity index (χ2v) is 3.58. The second kappa shape index (κ2) is 4.60. The van der Waals surface area contributed by atoms with Crippen LogP contribution < -0.4 is 10.6 Å². The van der Waals surface area contributed by atoms with Gasteiger partial charge in [0.05, 0.1) is 13.7 Å². The monoisotopic (exact) mass is 245 g/mol. The van der Waals surface area contributed by atoms with Gasteiger partial charge in [0.15, 0.2) is 0 Å². The zero-order valence-electron chi connectivity index (χ0n) is 7.63.